The Labute approximate surface area is 183 Å². The third kappa shape index (κ3) is 4.57. The number of aryl methyl sites for hydroxylation is 3. The smallest absolute Gasteiger partial charge is 0.234 e. The van der Waals surface area contributed by atoms with Crippen LogP contribution in [0.2, 0.25) is 0 Å². The lowest BCUT2D eigenvalue weighted by molar-refractivity contribution is -0.113. The van der Waals surface area contributed by atoms with Gasteiger partial charge >= 0.3 is 0 Å². The summed E-state index contributed by atoms with van der Waals surface area (Å²) in [4.78, 5) is 12.5. The van der Waals surface area contributed by atoms with E-state index in [4.69, 9.17) is 0 Å². The number of nitrogens with one attached hydrogen (secondary N) is 1. The summed E-state index contributed by atoms with van der Waals surface area (Å²) < 4.78 is 3.22. The fourth-order valence-electron chi connectivity index (χ4n) is 3.12. The van der Waals surface area contributed by atoms with Crippen molar-refractivity contribution in [1.29, 1.82) is 0 Å². The SMILES string of the molecule is CCn1c(SCC(=O)Nc2c(C)cc(I)cc2C)nnc1-c1ccccc1C. The first-order chi connectivity index (χ1) is 13.4. The minimum atomic E-state index is -0.0412. The van der Waals surface area contributed by atoms with E-state index < -0.39 is 0 Å². The van der Waals surface area contributed by atoms with Crippen molar-refractivity contribution in [3.8, 4) is 11.4 Å². The minimum absolute atomic E-state index is 0.0412. The first-order valence-electron chi connectivity index (χ1n) is 9.09. The Bertz CT molecular complexity index is 992. The lowest BCUT2D eigenvalue weighted by Crippen LogP contribution is -2.16. The van der Waals surface area contributed by atoms with Crippen LogP contribution in [0.3, 0.4) is 0 Å². The molecule has 146 valence electrons. The Balaban J connectivity index is 1.73. The van der Waals surface area contributed by atoms with E-state index in [1.54, 1.807) is 0 Å². The molecule has 2 aromatic carbocycles. The number of carbonyl (C=O) groups is 1. The maximum Gasteiger partial charge on any atom is 0.234 e. The summed E-state index contributed by atoms with van der Waals surface area (Å²) in [5.74, 6) is 1.09. The van der Waals surface area contributed by atoms with Crippen LogP contribution in [0.1, 0.15) is 23.6 Å². The molecule has 0 atom stereocenters. The highest BCUT2D eigenvalue weighted by Gasteiger charge is 2.16. The summed E-state index contributed by atoms with van der Waals surface area (Å²) in [5, 5.41) is 12.5. The lowest BCUT2D eigenvalue weighted by Gasteiger charge is -2.12. The van der Waals surface area contributed by atoms with E-state index in [1.807, 2.05) is 26.0 Å². The van der Waals surface area contributed by atoms with Gasteiger partial charge in [-0.25, -0.2) is 0 Å². The predicted octanol–water partition coefficient (Wildman–Crippen LogP) is 5.23. The summed E-state index contributed by atoms with van der Waals surface area (Å²) in [5.41, 5.74) is 5.26. The van der Waals surface area contributed by atoms with E-state index >= 15 is 0 Å². The van der Waals surface area contributed by atoms with Crippen molar-refractivity contribution in [3.63, 3.8) is 0 Å². The van der Waals surface area contributed by atoms with Crippen LogP contribution in [0, 0.1) is 24.3 Å². The second-order valence-electron chi connectivity index (χ2n) is 6.62. The molecule has 0 aliphatic carbocycles. The Morgan fingerprint density at radius 2 is 1.79 bits per heavy atom. The predicted molar refractivity (Wildman–Crippen MR) is 124 cm³/mol. The van der Waals surface area contributed by atoms with Crippen molar-refractivity contribution in [2.45, 2.75) is 39.4 Å². The summed E-state index contributed by atoms with van der Waals surface area (Å²) in [7, 11) is 0. The molecule has 0 fully saturated rings. The number of hydrogen-bond donors (Lipinski definition) is 1. The van der Waals surface area contributed by atoms with E-state index in [2.05, 4.69) is 80.8 Å². The quantitative estimate of drug-likeness (QED) is 0.368. The molecule has 5 nitrogen and oxygen atoms in total. The van der Waals surface area contributed by atoms with Gasteiger partial charge in [-0.3, -0.25) is 4.79 Å². The minimum Gasteiger partial charge on any atom is -0.325 e. The van der Waals surface area contributed by atoms with E-state index in [1.165, 1.54) is 15.3 Å². The first kappa shape index (κ1) is 20.9. The fraction of sp³-hybridized carbons (Fsp3) is 0.286. The summed E-state index contributed by atoms with van der Waals surface area (Å²) >= 11 is 3.70. The van der Waals surface area contributed by atoms with Crippen LogP contribution in [0.15, 0.2) is 41.6 Å². The lowest BCUT2D eigenvalue weighted by atomic mass is 10.1. The average molecular weight is 506 g/mol. The van der Waals surface area contributed by atoms with Gasteiger partial charge in [0.1, 0.15) is 0 Å². The number of benzene rings is 2. The number of amides is 1. The largest absolute Gasteiger partial charge is 0.325 e. The molecule has 3 aromatic rings. The average Bonchev–Trinajstić information content (AvgIpc) is 3.06. The highest BCUT2D eigenvalue weighted by Crippen LogP contribution is 2.27. The van der Waals surface area contributed by atoms with Crippen molar-refractivity contribution in [2.24, 2.45) is 0 Å². The van der Waals surface area contributed by atoms with Crippen LogP contribution < -0.4 is 5.32 Å². The molecule has 0 bridgehead atoms. The molecule has 0 saturated carbocycles. The molecule has 0 aliphatic rings. The molecule has 0 aliphatic heterocycles. The van der Waals surface area contributed by atoms with Crippen LogP contribution >= 0.6 is 34.4 Å². The van der Waals surface area contributed by atoms with Gasteiger partial charge in [0.15, 0.2) is 11.0 Å². The normalized spacial score (nSPS) is 10.9. The number of hydrogen-bond acceptors (Lipinski definition) is 4. The summed E-state index contributed by atoms with van der Waals surface area (Å²) in [6.45, 7) is 8.90. The van der Waals surface area contributed by atoms with Crippen LogP contribution in [-0.4, -0.2) is 26.4 Å². The van der Waals surface area contributed by atoms with Crippen molar-refractivity contribution in [2.75, 3.05) is 11.1 Å². The van der Waals surface area contributed by atoms with Crippen molar-refractivity contribution in [3.05, 3.63) is 56.7 Å². The number of thioether (sulfide) groups is 1. The zero-order valence-corrected chi connectivity index (χ0v) is 19.4. The molecule has 1 heterocycles. The third-order valence-electron chi connectivity index (χ3n) is 4.51. The van der Waals surface area contributed by atoms with Crippen molar-refractivity contribution >= 4 is 45.9 Å². The molecule has 1 aromatic heterocycles. The van der Waals surface area contributed by atoms with Gasteiger partial charge in [0, 0.05) is 21.4 Å². The van der Waals surface area contributed by atoms with Crippen LogP contribution in [0.4, 0.5) is 5.69 Å². The maximum atomic E-state index is 12.5. The number of anilines is 1. The monoisotopic (exact) mass is 506 g/mol. The molecule has 0 unspecified atom stereocenters. The second-order valence-corrected chi connectivity index (χ2v) is 8.80. The maximum absolute atomic E-state index is 12.5. The van der Waals surface area contributed by atoms with Crippen LogP contribution in [-0.2, 0) is 11.3 Å². The molecular weight excluding hydrogens is 483 g/mol. The van der Waals surface area contributed by atoms with E-state index in [-0.39, 0.29) is 11.7 Å². The van der Waals surface area contributed by atoms with Gasteiger partial charge in [0.2, 0.25) is 5.91 Å². The Morgan fingerprint density at radius 1 is 1.11 bits per heavy atom. The van der Waals surface area contributed by atoms with Crippen LogP contribution in [0.5, 0.6) is 0 Å². The zero-order valence-electron chi connectivity index (χ0n) is 16.4. The van der Waals surface area contributed by atoms with Crippen LogP contribution in [0.25, 0.3) is 11.4 Å². The van der Waals surface area contributed by atoms with Gasteiger partial charge in [-0.1, -0.05) is 36.0 Å². The molecular formula is C21H23IN4OS. The van der Waals surface area contributed by atoms with E-state index in [0.717, 1.165) is 45.5 Å². The highest BCUT2D eigenvalue weighted by molar-refractivity contribution is 14.1. The first-order valence-corrected chi connectivity index (χ1v) is 11.2. The van der Waals surface area contributed by atoms with Gasteiger partial charge in [0.25, 0.3) is 0 Å². The molecule has 0 spiro atoms. The number of halogens is 1. The molecule has 0 saturated heterocycles. The van der Waals surface area contributed by atoms with E-state index in [9.17, 15) is 4.79 Å². The Kier molecular flexibility index (Phi) is 6.77. The molecule has 1 N–H and O–H groups in total. The number of carbonyl (C=O) groups excluding carboxylic acids is 1. The summed E-state index contributed by atoms with van der Waals surface area (Å²) in [6, 6.07) is 12.3. The standard InChI is InChI=1S/C21H23IN4OS/c1-5-26-20(17-9-7-6-8-13(17)2)24-25-21(26)28-12-18(27)23-19-14(3)10-16(22)11-15(19)4/h6-11H,5,12H2,1-4H3,(H,23,27). The fourth-order valence-corrected chi connectivity index (χ4v) is 4.85. The van der Waals surface area contributed by atoms with Gasteiger partial charge in [-0.05, 0) is 79.1 Å². The molecule has 1 amide bonds. The molecule has 3 rings (SSSR count). The topological polar surface area (TPSA) is 59.8 Å². The van der Waals surface area contributed by atoms with Crippen molar-refractivity contribution in [1.82, 2.24) is 14.8 Å². The third-order valence-corrected chi connectivity index (χ3v) is 6.10. The van der Waals surface area contributed by atoms with Crippen molar-refractivity contribution < 1.29 is 4.79 Å². The zero-order chi connectivity index (χ0) is 20.3. The van der Waals surface area contributed by atoms with Gasteiger partial charge in [-0.15, -0.1) is 10.2 Å². The van der Waals surface area contributed by atoms with Gasteiger partial charge in [0.05, 0.1) is 5.75 Å². The van der Waals surface area contributed by atoms with E-state index in [0.29, 0.717) is 0 Å². The second kappa shape index (κ2) is 9.09. The molecule has 28 heavy (non-hydrogen) atoms. The molecule has 7 heteroatoms. The van der Waals surface area contributed by atoms with Gasteiger partial charge < -0.3 is 9.88 Å². The number of nitrogens with zero attached hydrogens (tertiary/aromatic N) is 3. The summed E-state index contributed by atoms with van der Waals surface area (Å²) in [6.07, 6.45) is 0. The Morgan fingerprint density at radius 3 is 2.43 bits per heavy atom. The Hall–Kier alpha value is -1.87. The highest BCUT2D eigenvalue weighted by atomic mass is 127. The number of aromatic nitrogens is 3. The van der Waals surface area contributed by atoms with Gasteiger partial charge in [-0.2, -0.15) is 0 Å². The number of rotatable bonds is 6. The molecule has 0 radical (unpaired) electrons.